The first kappa shape index (κ1) is 11.4. The van der Waals surface area contributed by atoms with Crippen LogP contribution in [0.25, 0.3) is 0 Å². The van der Waals surface area contributed by atoms with E-state index >= 15 is 0 Å². The molecule has 0 saturated carbocycles. The molecule has 3 nitrogen and oxygen atoms in total. The zero-order chi connectivity index (χ0) is 10.9. The summed E-state index contributed by atoms with van der Waals surface area (Å²) in [4.78, 5) is 2.46. The highest BCUT2D eigenvalue weighted by Crippen LogP contribution is 2.44. The van der Waals surface area contributed by atoms with Crippen LogP contribution in [0.3, 0.4) is 0 Å². The molecule has 2 aliphatic heterocycles. The molecule has 2 rings (SSSR count). The Hall–Kier alpha value is -0.120. The van der Waals surface area contributed by atoms with Gasteiger partial charge in [0.25, 0.3) is 0 Å². The predicted octanol–water partition coefficient (Wildman–Crippen LogP) is 1.08. The summed E-state index contributed by atoms with van der Waals surface area (Å²) < 4.78 is 5.50. The molecular formula is C12H24N2O. The molecule has 0 aromatic carbocycles. The van der Waals surface area contributed by atoms with E-state index in [4.69, 9.17) is 10.5 Å². The van der Waals surface area contributed by atoms with Gasteiger partial charge in [-0.3, -0.25) is 0 Å². The number of hydrogen-bond donors (Lipinski definition) is 1. The van der Waals surface area contributed by atoms with Gasteiger partial charge in [0.1, 0.15) is 0 Å². The summed E-state index contributed by atoms with van der Waals surface area (Å²) in [6.45, 7) is 6.44. The van der Waals surface area contributed by atoms with Crippen LogP contribution in [0, 0.1) is 11.3 Å². The van der Waals surface area contributed by atoms with Gasteiger partial charge in [0.05, 0.1) is 0 Å². The van der Waals surface area contributed by atoms with E-state index in [0.29, 0.717) is 17.4 Å². The van der Waals surface area contributed by atoms with Gasteiger partial charge in [0.15, 0.2) is 0 Å². The third kappa shape index (κ3) is 2.19. The van der Waals surface area contributed by atoms with Crippen molar-refractivity contribution in [3.63, 3.8) is 0 Å². The minimum Gasteiger partial charge on any atom is -0.381 e. The van der Waals surface area contributed by atoms with E-state index in [1.54, 1.807) is 0 Å². The molecule has 2 saturated heterocycles. The van der Waals surface area contributed by atoms with Gasteiger partial charge in [-0.1, -0.05) is 0 Å². The van der Waals surface area contributed by atoms with Crippen LogP contribution in [-0.4, -0.2) is 44.3 Å². The molecule has 1 spiro atoms. The number of nitrogens with two attached hydrogens (primary N) is 1. The van der Waals surface area contributed by atoms with E-state index in [9.17, 15) is 0 Å². The monoisotopic (exact) mass is 212 g/mol. The molecule has 15 heavy (non-hydrogen) atoms. The molecule has 0 amide bonds. The number of hydrogen-bond acceptors (Lipinski definition) is 3. The molecule has 2 atom stereocenters. The van der Waals surface area contributed by atoms with Crippen molar-refractivity contribution in [2.75, 3.05) is 33.4 Å². The average molecular weight is 212 g/mol. The molecule has 0 aromatic rings. The van der Waals surface area contributed by atoms with Crippen molar-refractivity contribution in [1.29, 1.82) is 0 Å². The van der Waals surface area contributed by atoms with Crippen molar-refractivity contribution in [3.8, 4) is 0 Å². The van der Waals surface area contributed by atoms with Crippen molar-refractivity contribution in [1.82, 2.24) is 4.90 Å². The summed E-state index contributed by atoms with van der Waals surface area (Å²) in [6, 6.07) is 0.330. The first-order chi connectivity index (χ1) is 7.14. The van der Waals surface area contributed by atoms with Crippen molar-refractivity contribution >= 4 is 0 Å². The van der Waals surface area contributed by atoms with E-state index in [-0.39, 0.29) is 0 Å². The third-order valence-corrected chi connectivity index (χ3v) is 4.32. The summed E-state index contributed by atoms with van der Waals surface area (Å²) in [5.41, 5.74) is 6.60. The minimum absolute atomic E-state index is 0.330. The average Bonchev–Trinajstić information content (AvgIpc) is 2.18. The largest absolute Gasteiger partial charge is 0.381 e. The molecule has 2 N–H and O–H groups in total. The van der Waals surface area contributed by atoms with Crippen LogP contribution in [0.1, 0.15) is 26.2 Å². The number of likely N-dealkylation sites (tertiary alicyclic amines) is 1. The lowest BCUT2D eigenvalue weighted by atomic mass is 9.64. The predicted molar refractivity (Wildman–Crippen MR) is 61.7 cm³/mol. The van der Waals surface area contributed by atoms with Crippen LogP contribution in [0.2, 0.25) is 0 Å². The third-order valence-electron chi connectivity index (χ3n) is 4.32. The first-order valence-electron chi connectivity index (χ1n) is 6.16. The number of nitrogens with zero attached hydrogens (tertiary/aromatic N) is 1. The fourth-order valence-electron chi connectivity index (χ4n) is 3.53. The fraction of sp³-hybridized carbons (Fsp3) is 1.00. The Labute approximate surface area is 93.0 Å². The van der Waals surface area contributed by atoms with Crippen molar-refractivity contribution < 1.29 is 4.74 Å². The number of rotatable bonds is 1. The van der Waals surface area contributed by atoms with E-state index in [2.05, 4.69) is 18.9 Å². The van der Waals surface area contributed by atoms with Crippen LogP contribution in [0.4, 0.5) is 0 Å². The molecule has 0 bridgehead atoms. The summed E-state index contributed by atoms with van der Waals surface area (Å²) in [7, 11) is 2.23. The lowest BCUT2D eigenvalue weighted by Gasteiger charge is -2.51. The van der Waals surface area contributed by atoms with Crippen LogP contribution in [-0.2, 0) is 4.74 Å². The smallest absolute Gasteiger partial charge is 0.0471 e. The van der Waals surface area contributed by atoms with Gasteiger partial charge >= 0.3 is 0 Å². The second-order valence-corrected chi connectivity index (χ2v) is 5.47. The van der Waals surface area contributed by atoms with Crippen molar-refractivity contribution in [3.05, 3.63) is 0 Å². The molecule has 2 fully saturated rings. The van der Waals surface area contributed by atoms with Crippen LogP contribution >= 0.6 is 0 Å². The fourth-order valence-corrected chi connectivity index (χ4v) is 3.53. The molecule has 2 aliphatic rings. The lowest BCUT2D eigenvalue weighted by molar-refractivity contribution is -0.0635. The maximum Gasteiger partial charge on any atom is 0.0471 e. The molecule has 0 radical (unpaired) electrons. The molecule has 2 heterocycles. The van der Waals surface area contributed by atoms with E-state index in [1.165, 1.54) is 32.4 Å². The van der Waals surface area contributed by atoms with Gasteiger partial charge in [-0.25, -0.2) is 0 Å². The maximum absolute atomic E-state index is 6.16. The Bertz CT molecular complexity index is 212. The van der Waals surface area contributed by atoms with E-state index < -0.39 is 0 Å². The van der Waals surface area contributed by atoms with Crippen molar-refractivity contribution in [2.45, 2.75) is 32.2 Å². The number of ether oxygens (including phenoxy) is 1. The van der Waals surface area contributed by atoms with Gasteiger partial charge in [-0.2, -0.15) is 0 Å². The Kier molecular flexibility index (Phi) is 3.33. The standard InChI is InChI=1S/C12H24N2O/c1-10(13)11-3-6-14(2)9-12(11)4-7-15-8-5-12/h10-11H,3-9,13H2,1-2H3. The Morgan fingerprint density at radius 1 is 1.40 bits per heavy atom. The Morgan fingerprint density at radius 3 is 2.67 bits per heavy atom. The van der Waals surface area contributed by atoms with Gasteiger partial charge < -0.3 is 15.4 Å². The highest BCUT2D eigenvalue weighted by atomic mass is 16.5. The molecular weight excluding hydrogens is 188 g/mol. The quantitative estimate of drug-likeness (QED) is 0.707. The highest BCUT2D eigenvalue weighted by Gasteiger charge is 2.44. The van der Waals surface area contributed by atoms with Gasteiger partial charge in [-0.15, -0.1) is 0 Å². The molecule has 3 heteroatoms. The normalized spacial score (nSPS) is 34.2. The molecule has 2 unspecified atom stereocenters. The SMILES string of the molecule is CC(N)C1CCN(C)CC12CCOCC2. The Balaban J connectivity index is 2.14. The van der Waals surface area contributed by atoms with Gasteiger partial charge in [0, 0.05) is 25.8 Å². The first-order valence-corrected chi connectivity index (χ1v) is 6.16. The summed E-state index contributed by atoms with van der Waals surface area (Å²) in [5, 5.41) is 0. The van der Waals surface area contributed by atoms with E-state index in [0.717, 1.165) is 13.2 Å². The van der Waals surface area contributed by atoms with Crippen LogP contribution in [0.5, 0.6) is 0 Å². The molecule has 0 aromatic heterocycles. The summed E-state index contributed by atoms with van der Waals surface area (Å²) >= 11 is 0. The van der Waals surface area contributed by atoms with Gasteiger partial charge in [-0.05, 0) is 51.1 Å². The second-order valence-electron chi connectivity index (χ2n) is 5.47. The molecule has 88 valence electrons. The second kappa shape index (κ2) is 4.40. The molecule has 0 aliphatic carbocycles. The van der Waals surface area contributed by atoms with Crippen LogP contribution in [0.15, 0.2) is 0 Å². The lowest BCUT2D eigenvalue weighted by Crippen LogP contribution is -2.54. The van der Waals surface area contributed by atoms with E-state index in [1.807, 2.05) is 0 Å². The summed E-state index contributed by atoms with van der Waals surface area (Å²) in [5.74, 6) is 0.692. The summed E-state index contributed by atoms with van der Waals surface area (Å²) in [6.07, 6.45) is 3.65. The topological polar surface area (TPSA) is 38.5 Å². The maximum atomic E-state index is 6.16. The number of piperidine rings is 1. The Morgan fingerprint density at radius 2 is 2.07 bits per heavy atom. The van der Waals surface area contributed by atoms with Gasteiger partial charge in [0.2, 0.25) is 0 Å². The van der Waals surface area contributed by atoms with Crippen molar-refractivity contribution in [2.24, 2.45) is 17.1 Å². The van der Waals surface area contributed by atoms with Crippen LogP contribution < -0.4 is 5.73 Å². The highest BCUT2D eigenvalue weighted by molar-refractivity contribution is 4.96. The zero-order valence-corrected chi connectivity index (χ0v) is 10.0. The minimum atomic E-state index is 0.330. The zero-order valence-electron chi connectivity index (χ0n) is 10.0.